The molecular formula is C19H22N2O4S2. The van der Waals surface area contributed by atoms with Gasteiger partial charge in [0.15, 0.2) is 0 Å². The minimum Gasteiger partial charge on any atom is -0.494 e. The van der Waals surface area contributed by atoms with Crippen LogP contribution in [-0.4, -0.2) is 26.7 Å². The molecule has 1 atom stereocenters. The molecule has 3 rings (SSSR count). The van der Waals surface area contributed by atoms with Gasteiger partial charge in [-0.15, -0.1) is 11.8 Å². The minimum absolute atomic E-state index is 0.0989. The molecule has 0 bridgehead atoms. The number of nitrogens with one attached hydrogen (secondary N) is 2. The predicted molar refractivity (Wildman–Crippen MR) is 107 cm³/mol. The molecule has 2 aromatic rings. The summed E-state index contributed by atoms with van der Waals surface area (Å²) in [6, 6.07) is 12.1. The van der Waals surface area contributed by atoms with E-state index < -0.39 is 10.0 Å². The van der Waals surface area contributed by atoms with Gasteiger partial charge in [0.05, 0.1) is 17.2 Å². The second-order valence-electron chi connectivity index (χ2n) is 6.26. The number of thioether (sulfide) groups is 1. The van der Waals surface area contributed by atoms with Gasteiger partial charge in [-0.3, -0.25) is 4.79 Å². The third-order valence-electron chi connectivity index (χ3n) is 4.16. The van der Waals surface area contributed by atoms with Crippen LogP contribution in [0.3, 0.4) is 0 Å². The van der Waals surface area contributed by atoms with Gasteiger partial charge >= 0.3 is 0 Å². The van der Waals surface area contributed by atoms with Crippen LogP contribution in [0.4, 0.5) is 5.69 Å². The number of rotatable bonds is 6. The number of ether oxygens (including phenoxy) is 1. The van der Waals surface area contributed by atoms with Gasteiger partial charge in [0.2, 0.25) is 15.9 Å². The van der Waals surface area contributed by atoms with E-state index in [9.17, 15) is 13.2 Å². The molecule has 1 heterocycles. The summed E-state index contributed by atoms with van der Waals surface area (Å²) in [6.07, 6.45) is 0. The Hall–Kier alpha value is -2.03. The standard InChI is InChI=1S/C19H22N2O4S2/c1-3-25-15-6-4-14(5-7-15)11-20-27(23,24)16-8-9-18-17(10-16)21-19(22)13(2)12-26-18/h4-10,13,20H,3,11-12H2,1-2H3,(H,21,22)/t13-/m0/s1. The van der Waals surface area contributed by atoms with E-state index in [1.165, 1.54) is 6.07 Å². The third-order valence-corrected chi connectivity index (χ3v) is 6.89. The van der Waals surface area contributed by atoms with Crippen molar-refractivity contribution >= 4 is 33.4 Å². The first-order valence-corrected chi connectivity index (χ1v) is 11.1. The molecule has 27 heavy (non-hydrogen) atoms. The van der Waals surface area contributed by atoms with Crippen LogP contribution in [0.15, 0.2) is 52.3 Å². The first-order chi connectivity index (χ1) is 12.9. The summed E-state index contributed by atoms with van der Waals surface area (Å²) in [6.45, 7) is 4.51. The maximum Gasteiger partial charge on any atom is 0.240 e. The number of sulfonamides is 1. The Morgan fingerprint density at radius 3 is 2.67 bits per heavy atom. The molecule has 0 fully saturated rings. The fourth-order valence-electron chi connectivity index (χ4n) is 2.58. The van der Waals surface area contributed by atoms with Crippen molar-refractivity contribution in [1.82, 2.24) is 4.72 Å². The summed E-state index contributed by atoms with van der Waals surface area (Å²) in [5.41, 5.74) is 1.37. The molecule has 0 unspecified atom stereocenters. The molecule has 1 aliphatic rings. The van der Waals surface area contributed by atoms with Crippen LogP contribution in [0.25, 0.3) is 0 Å². The van der Waals surface area contributed by atoms with Gasteiger partial charge in [0.1, 0.15) is 5.75 Å². The van der Waals surface area contributed by atoms with E-state index in [0.717, 1.165) is 16.2 Å². The molecule has 2 aromatic carbocycles. The highest BCUT2D eigenvalue weighted by molar-refractivity contribution is 7.99. The van der Waals surface area contributed by atoms with Crippen molar-refractivity contribution in [2.24, 2.45) is 5.92 Å². The zero-order valence-electron chi connectivity index (χ0n) is 15.2. The molecule has 8 heteroatoms. The monoisotopic (exact) mass is 406 g/mol. The molecular weight excluding hydrogens is 384 g/mol. The van der Waals surface area contributed by atoms with Crippen molar-refractivity contribution in [3.05, 3.63) is 48.0 Å². The van der Waals surface area contributed by atoms with Crippen LogP contribution in [-0.2, 0) is 21.4 Å². The first-order valence-electron chi connectivity index (χ1n) is 8.68. The van der Waals surface area contributed by atoms with Gasteiger partial charge in [-0.1, -0.05) is 19.1 Å². The highest BCUT2D eigenvalue weighted by atomic mass is 32.2. The lowest BCUT2D eigenvalue weighted by molar-refractivity contribution is -0.118. The van der Waals surface area contributed by atoms with Gasteiger partial charge in [0, 0.05) is 23.1 Å². The minimum atomic E-state index is -3.70. The fraction of sp³-hybridized carbons (Fsp3) is 0.316. The van der Waals surface area contributed by atoms with Crippen molar-refractivity contribution in [3.63, 3.8) is 0 Å². The smallest absolute Gasteiger partial charge is 0.240 e. The number of benzene rings is 2. The summed E-state index contributed by atoms with van der Waals surface area (Å²) >= 11 is 1.55. The lowest BCUT2D eigenvalue weighted by atomic mass is 10.2. The molecule has 0 saturated carbocycles. The van der Waals surface area contributed by atoms with Crippen LogP contribution < -0.4 is 14.8 Å². The van der Waals surface area contributed by atoms with Crippen molar-refractivity contribution in [3.8, 4) is 5.75 Å². The zero-order valence-corrected chi connectivity index (χ0v) is 16.8. The van der Waals surface area contributed by atoms with Gasteiger partial charge in [0.25, 0.3) is 0 Å². The number of hydrogen-bond acceptors (Lipinski definition) is 5. The van der Waals surface area contributed by atoms with Crippen molar-refractivity contribution in [2.45, 2.75) is 30.2 Å². The summed E-state index contributed by atoms with van der Waals surface area (Å²) in [4.78, 5) is 13.0. The first kappa shape index (κ1) is 19.7. The number of anilines is 1. The Kier molecular flexibility index (Phi) is 6.08. The average molecular weight is 407 g/mol. The molecule has 0 spiro atoms. The predicted octanol–water partition coefficient (Wildman–Crippen LogP) is 3.24. The molecule has 0 aliphatic carbocycles. The summed E-state index contributed by atoms with van der Waals surface area (Å²) in [7, 11) is -3.70. The lowest BCUT2D eigenvalue weighted by Crippen LogP contribution is -2.24. The average Bonchev–Trinajstić information content (AvgIpc) is 2.80. The highest BCUT2D eigenvalue weighted by Crippen LogP contribution is 2.34. The molecule has 1 aliphatic heterocycles. The number of amides is 1. The quantitative estimate of drug-likeness (QED) is 0.769. The molecule has 1 amide bonds. The molecule has 0 saturated heterocycles. The van der Waals surface area contributed by atoms with E-state index in [0.29, 0.717) is 18.0 Å². The molecule has 6 nitrogen and oxygen atoms in total. The van der Waals surface area contributed by atoms with Crippen molar-refractivity contribution in [2.75, 3.05) is 17.7 Å². The van der Waals surface area contributed by atoms with E-state index in [4.69, 9.17) is 4.74 Å². The topological polar surface area (TPSA) is 84.5 Å². The summed E-state index contributed by atoms with van der Waals surface area (Å²) < 4.78 is 33.3. The maximum atomic E-state index is 12.6. The number of fused-ring (bicyclic) bond motifs is 1. The van der Waals surface area contributed by atoms with Crippen molar-refractivity contribution in [1.29, 1.82) is 0 Å². The van der Waals surface area contributed by atoms with Crippen LogP contribution in [0.5, 0.6) is 5.75 Å². The normalized spacial score (nSPS) is 17.0. The number of carbonyl (C=O) groups excluding carboxylic acids is 1. The van der Waals surface area contributed by atoms with E-state index in [1.54, 1.807) is 23.9 Å². The number of carbonyl (C=O) groups is 1. The largest absolute Gasteiger partial charge is 0.494 e. The van der Waals surface area contributed by atoms with Gasteiger partial charge in [-0.25, -0.2) is 13.1 Å². The summed E-state index contributed by atoms with van der Waals surface area (Å²) in [5, 5.41) is 2.81. The molecule has 144 valence electrons. The Bertz CT molecular complexity index is 927. The second kappa shape index (κ2) is 8.33. The SMILES string of the molecule is CCOc1ccc(CNS(=O)(=O)c2ccc3c(c2)NC(=O)[C@@H](C)CS3)cc1. The Labute approximate surface area is 163 Å². The van der Waals surface area contributed by atoms with Crippen LogP contribution in [0.2, 0.25) is 0 Å². The summed E-state index contributed by atoms with van der Waals surface area (Å²) in [5.74, 6) is 1.19. The third kappa shape index (κ3) is 4.82. The molecule has 0 radical (unpaired) electrons. The van der Waals surface area contributed by atoms with Crippen LogP contribution in [0, 0.1) is 5.92 Å². The Morgan fingerprint density at radius 2 is 1.96 bits per heavy atom. The van der Waals surface area contributed by atoms with E-state index in [-0.39, 0.29) is 23.3 Å². The van der Waals surface area contributed by atoms with Gasteiger partial charge < -0.3 is 10.1 Å². The number of hydrogen-bond donors (Lipinski definition) is 2. The highest BCUT2D eigenvalue weighted by Gasteiger charge is 2.22. The zero-order chi connectivity index (χ0) is 19.4. The maximum absolute atomic E-state index is 12.6. The van der Waals surface area contributed by atoms with Crippen LogP contribution >= 0.6 is 11.8 Å². The Balaban J connectivity index is 1.73. The Morgan fingerprint density at radius 1 is 1.22 bits per heavy atom. The molecule has 0 aromatic heterocycles. The van der Waals surface area contributed by atoms with Crippen LogP contribution in [0.1, 0.15) is 19.4 Å². The van der Waals surface area contributed by atoms with Gasteiger partial charge in [-0.05, 0) is 42.8 Å². The molecule has 2 N–H and O–H groups in total. The fourth-order valence-corrected chi connectivity index (χ4v) is 4.63. The van der Waals surface area contributed by atoms with E-state index in [2.05, 4.69) is 10.0 Å². The van der Waals surface area contributed by atoms with E-state index >= 15 is 0 Å². The van der Waals surface area contributed by atoms with Crippen molar-refractivity contribution < 1.29 is 17.9 Å². The van der Waals surface area contributed by atoms with Gasteiger partial charge in [-0.2, -0.15) is 0 Å². The lowest BCUT2D eigenvalue weighted by Gasteiger charge is -2.11. The van der Waals surface area contributed by atoms with E-state index in [1.807, 2.05) is 38.1 Å². The second-order valence-corrected chi connectivity index (χ2v) is 9.09.